The zero-order chi connectivity index (χ0) is 16.1. The van der Waals surface area contributed by atoms with E-state index in [1.807, 2.05) is 0 Å². The molecule has 23 heavy (non-hydrogen) atoms. The summed E-state index contributed by atoms with van der Waals surface area (Å²) in [6, 6.07) is 1.68. The lowest BCUT2D eigenvalue weighted by molar-refractivity contribution is 0.0302. The number of hydrogen-bond acceptors (Lipinski definition) is 5. The Labute approximate surface area is 141 Å². The van der Waals surface area contributed by atoms with E-state index in [1.54, 1.807) is 17.2 Å². The molecule has 2 aliphatic rings. The van der Waals surface area contributed by atoms with Gasteiger partial charge in [0, 0.05) is 32.4 Å². The Hall–Kier alpha value is -1.37. The molecule has 0 radical (unpaired) electrons. The second kappa shape index (κ2) is 7.95. The van der Waals surface area contributed by atoms with Gasteiger partial charge in [0.1, 0.15) is 5.82 Å². The fraction of sp³-hybridized carbons (Fsp3) is 0.625. The molecule has 2 saturated heterocycles. The first kappa shape index (κ1) is 16.5. The number of nitrogens with one attached hydrogen (secondary N) is 1. The van der Waals surface area contributed by atoms with Crippen molar-refractivity contribution in [1.29, 1.82) is 0 Å². The molecule has 2 aliphatic heterocycles. The Balaban J connectivity index is 1.55. The molecular weight excluding hydrogens is 318 g/mol. The topological polar surface area (TPSA) is 63.7 Å². The van der Waals surface area contributed by atoms with Crippen LogP contribution in [-0.4, -0.2) is 61.3 Å². The van der Waals surface area contributed by atoms with Gasteiger partial charge in [-0.05, 0) is 25.3 Å². The molecule has 1 aromatic heterocycles. The zero-order valence-corrected chi connectivity index (χ0v) is 13.8. The Bertz CT molecular complexity index is 543. The predicted octanol–water partition coefficient (Wildman–Crippen LogP) is 2.19. The van der Waals surface area contributed by atoms with Crippen molar-refractivity contribution < 1.29 is 14.3 Å². The first-order valence-electron chi connectivity index (χ1n) is 8.12. The number of carbonyl (C=O) groups is 1. The standard InChI is InChI=1S/C16H22ClN3O3/c17-14-10-12(16(21)20-5-8-22-9-6-20)11-19-15(14)18-4-3-13-2-1-7-23-13/h10-11,13H,1-9H2,(H,18,19)/t13-/m0/s1. The van der Waals surface area contributed by atoms with Crippen LogP contribution in [-0.2, 0) is 9.47 Å². The maximum Gasteiger partial charge on any atom is 0.255 e. The van der Waals surface area contributed by atoms with E-state index < -0.39 is 0 Å². The van der Waals surface area contributed by atoms with Crippen LogP contribution in [0.25, 0.3) is 0 Å². The van der Waals surface area contributed by atoms with Crippen LogP contribution in [0.3, 0.4) is 0 Å². The second-order valence-electron chi connectivity index (χ2n) is 5.81. The van der Waals surface area contributed by atoms with Crippen molar-refractivity contribution in [1.82, 2.24) is 9.88 Å². The van der Waals surface area contributed by atoms with E-state index in [0.29, 0.717) is 48.8 Å². The molecular formula is C16H22ClN3O3. The number of rotatable bonds is 5. The van der Waals surface area contributed by atoms with Crippen LogP contribution in [0.2, 0.25) is 5.02 Å². The second-order valence-corrected chi connectivity index (χ2v) is 6.22. The molecule has 1 amide bonds. The van der Waals surface area contributed by atoms with Crippen LogP contribution in [0.4, 0.5) is 5.82 Å². The Morgan fingerprint density at radius 1 is 1.39 bits per heavy atom. The van der Waals surface area contributed by atoms with Crippen LogP contribution in [0.5, 0.6) is 0 Å². The maximum absolute atomic E-state index is 12.4. The minimum absolute atomic E-state index is 0.0476. The van der Waals surface area contributed by atoms with E-state index in [1.165, 1.54) is 0 Å². The highest BCUT2D eigenvalue weighted by Gasteiger charge is 2.20. The summed E-state index contributed by atoms with van der Waals surface area (Å²) in [5.41, 5.74) is 0.515. The molecule has 1 N–H and O–H groups in total. The third kappa shape index (κ3) is 4.34. The predicted molar refractivity (Wildman–Crippen MR) is 88.1 cm³/mol. The normalized spacial score (nSPS) is 21.4. The van der Waals surface area contributed by atoms with Crippen molar-refractivity contribution >= 4 is 23.3 Å². The lowest BCUT2D eigenvalue weighted by Gasteiger charge is -2.26. The SMILES string of the molecule is O=C(c1cnc(NCC[C@@H]2CCCO2)c(Cl)c1)N1CCOCC1. The number of morpholine rings is 1. The molecule has 0 bridgehead atoms. The number of aromatic nitrogens is 1. The lowest BCUT2D eigenvalue weighted by atomic mass is 10.2. The summed E-state index contributed by atoms with van der Waals surface area (Å²) in [6.45, 7) is 4.00. The molecule has 0 unspecified atom stereocenters. The highest BCUT2D eigenvalue weighted by molar-refractivity contribution is 6.33. The van der Waals surface area contributed by atoms with Crippen molar-refractivity contribution in [2.45, 2.75) is 25.4 Å². The summed E-state index contributed by atoms with van der Waals surface area (Å²) < 4.78 is 10.8. The van der Waals surface area contributed by atoms with E-state index >= 15 is 0 Å². The number of anilines is 1. The molecule has 0 aliphatic carbocycles. The number of carbonyl (C=O) groups excluding carboxylic acids is 1. The van der Waals surface area contributed by atoms with Crippen molar-refractivity contribution in [2.75, 3.05) is 44.8 Å². The quantitative estimate of drug-likeness (QED) is 0.891. The zero-order valence-electron chi connectivity index (χ0n) is 13.1. The van der Waals surface area contributed by atoms with Gasteiger partial charge in [0.25, 0.3) is 5.91 Å². The minimum atomic E-state index is -0.0476. The Morgan fingerprint density at radius 2 is 2.22 bits per heavy atom. The van der Waals surface area contributed by atoms with Gasteiger partial charge in [-0.3, -0.25) is 4.79 Å². The summed E-state index contributed by atoms with van der Waals surface area (Å²) in [4.78, 5) is 18.4. The van der Waals surface area contributed by atoms with Crippen LogP contribution in [0.15, 0.2) is 12.3 Å². The van der Waals surface area contributed by atoms with E-state index in [4.69, 9.17) is 21.1 Å². The summed E-state index contributed by atoms with van der Waals surface area (Å²) >= 11 is 6.26. The number of hydrogen-bond donors (Lipinski definition) is 1. The number of nitrogens with zero attached hydrogens (tertiary/aromatic N) is 2. The van der Waals surface area contributed by atoms with Gasteiger partial charge in [-0.25, -0.2) is 4.98 Å². The van der Waals surface area contributed by atoms with Crippen LogP contribution in [0.1, 0.15) is 29.6 Å². The van der Waals surface area contributed by atoms with Gasteiger partial charge in [-0.1, -0.05) is 11.6 Å². The molecule has 3 heterocycles. The lowest BCUT2D eigenvalue weighted by Crippen LogP contribution is -2.40. The van der Waals surface area contributed by atoms with Gasteiger partial charge in [0.15, 0.2) is 0 Å². The van der Waals surface area contributed by atoms with Gasteiger partial charge in [-0.2, -0.15) is 0 Å². The Kier molecular flexibility index (Phi) is 5.70. The fourth-order valence-corrected chi connectivity index (χ4v) is 3.09. The first-order valence-corrected chi connectivity index (χ1v) is 8.50. The summed E-state index contributed by atoms with van der Waals surface area (Å²) in [5.74, 6) is 0.566. The van der Waals surface area contributed by atoms with Crippen molar-refractivity contribution in [3.8, 4) is 0 Å². The molecule has 1 aromatic rings. The van der Waals surface area contributed by atoms with Crippen LogP contribution >= 0.6 is 11.6 Å². The highest BCUT2D eigenvalue weighted by Crippen LogP contribution is 2.22. The molecule has 2 fully saturated rings. The average Bonchev–Trinajstić information content (AvgIpc) is 3.10. The van der Waals surface area contributed by atoms with Crippen LogP contribution < -0.4 is 5.32 Å². The third-order valence-electron chi connectivity index (χ3n) is 4.17. The van der Waals surface area contributed by atoms with E-state index in [9.17, 15) is 4.79 Å². The highest BCUT2D eigenvalue weighted by atomic mass is 35.5. The minimum Gasteiger partial charge on any atom is -0.378 e. The number of amides is 1. The number of halogens is 1. The first-order chi connectivity index (χ1) is 11.2. The average molecular weight is 340 g/mol. The van der Waals surface area contributed by atoms with Gasteiger partial charge < -0.3 is 19.7 Å². The van der Waals surface area contributed by atoms with E-state index in [0.717, 1.165) is 32.4 Å². The third-order valence-corrected chi connectivity index (χ3v) is 4.46. The molecule has 0 saturated carbocycles. The monoisotopic (exact) mass is 339 g/mol. The van der Waals surface area contributed by atoms with Gasteiger partial charge in [0.2, 0.25) is 0 Å². The van der Waals surface area contributed by atoms with Crippen molar-refractivity contribution in [3.05, 3.63) is 22.8 Å². The Morgan fingerprint density at radius 3 is 2.91 bits per heavy atom. The summed E-state index contributed by atoms with van der Waals surface area (Å²) in [6.07, 6.45) is 5.12. The van der Waals surface area contributed by atoms with Gasteiger partial charge in [0.05, 0.1) is 29.9 Å². The molecule has 7 heteroatoms. The summed E-state index contributed by atoms with van der Waals surface area (Å²) in [7, 11) is 0. The van der Waals surface area contributed by atoms with E-state index in [2.05, 4.69) is 10.3 Å². The van der Waals surface area contributed by atoms with Gasteiger partial charge in [-0.15, -0.1) is 0 Å². The number of ether oxygens (including phenoxy) is 2. The number of pyridine rings is 1. The van der Waals surface area contributed by atoms with Crippen LogP contribution in [0, 0.1) is 0 Å². The molecule has 3 rings (SSSR count). The van der Waals surface area contributed by atoms with Crippen molar-refractivity contribution in [3.63, 3.8) is 0 Å². The van der Waals surface area contributed by atoms with Gasteiger partial charge >= 0.3 is 0 Å². The van der Waals surface area contributed by atoms with Crippen molar-refractivity contribution in [2.24, 2.45) is 0 Å². The molecule has 6 nitrogen and oxygen atoms in total. The smallest absolute Gasteiger partial charge is 0.255 e. The fourth-order valence-electron chi connectivity index (χ4n) is 2.86. The maximum atomic E-state index is 12.4. The largest absolute Gasteiger partial charge is 0.378 e. The molecule has 1 atom stereocenters. The molecule has 0 spiro atoms. The summed E-state index contributed by atoms with van der Waals surface area (Å²) in [5, 5.41) is 3.69. The van der Waals surface area contributed by atoms with E-state index in [-0.39, 0.29) is 5.91 Å². The molecule has 0 aromatic carbocycles. The molecule has 126 valence electrons.